The van der Waals surface area contributed by atoms with Crippen LogP contribution in [0.2, 0.25) is 0 Å². The second-order valence-corrected chi connectivity index (χ2v) is 5.77. The molecule has 1 fully saturated rings. The van der Waals surface area contributed by atoms with Crippen molar-refractivity contribution in [2.24, 2.45) is 0 Å². The van der Waals surface area contributed by atoms with E-state index in [0.29, 0.717) is 18.3 Å². The summed E-state index contributed by atoms with van der Waals surface area (Å²) in [5, 5.41) is 7.03. The molecular weight excluding hydrogens is 326 g/mol. The molecule has 1 aliphatic heterocycles. The molecule has 7 heteroatoms. The zero-order valence-electron chi connectivity index (χ0n) is 14.5. The standard InChI is InChI=1S/C17H27N3O3S/c1-3-22-15-6-5-14(13-16(15)23-4-2)19-17(24)18-7-8-20-9-11-21-12-10-20/h5-6,13H,3-4,7-12H2,1-2H3,(H2,18,19,24). The number of nitrogens with zero attached hydrogens (tertiary/aromatic N) is 1. The largest absolute Gasteiger partial charge is 0.490 e. The Bertz CT molecular complexity index is 522. The lowest BCUT2D eigenvalue weighted by atomic mass is 10.2. The molecule has 24 heavy (non-hydrogen) atoms. The van der Waals surface area contributed by atoms with Crippen molar-refractivity contribution in [2.45, 2.75) is 13.8 Å². The van der Waals surface area contributed by atoms with Gasteiger partial charge in [0.1, 0.15) is 0 Å². The first-order chi connectivity index (χ1) is 11.7. The van der Waals surface area contributed by atoms with Gasteiger partial charge in [0.15, 0.2) is 16.6 Å². The van der Waals surface area contributed by atoms with Gasteiger partial charge in [0.25, 0.3) is 0 Å². The van der Waals surface area contributed by atoms with Crippen molar-refractivity contribution >= 4 is 23.0 Å². The van der Waals surface area contributed by atoms with Crippen LogP contribution >= 0.6 is 12.2 Å². The topological polar surface area (TPSA) is 55.0 Å². The smallest absolute Gasteiger partial charge is 0.170 e. The van der Waals surface area contributed by atoms with Gasteiger partial charge in [-0.15, -0.1) is 0 Å². The van der Waals surface area contributed by atoms with Gasteiger partial charge in [0, 0.05) is 37.9 Å². The number of morpholine rings is 1. The predicted octanol–water partition coefficient (Wildman–Crippen LogP) is 2.10. The van der Waals surface area contributed by atoms with Crippen LogP contribution in [0.4, 0.5) is 5.69 Å². The molecule has 2 N–H and O–H groups in total. The lowest BCUT2D eigenvalue weighted by Crippen LogP contribution is -2.42. The fourth-order valence-corrected chi connectivity index (χ4v) is 2.68. The van der Waals surface area contributed by atoms with Crippen LogP contribution in [0.15, 0.2) is 18.2 Å². The predicted molar refractivity (Wildman–Crippen MR) is 100 cm³/mol. The second-order valence-electron chi connectivity index (χ2n) is 5.36. The fourth-order valence-electron chi connectivity index (χ4n) is 2.46. The zero-order chi connectivity index (χ0) is 17.2. The Balaban J connectivity index is 1.80. The minimum absolute atomic E-state index is 0.589. The number of anilines is 1. The summed E-state index contributed by atoms with van der Waals surface area (Å²) < 4.78 is 16.5. The summed E-state index contributed by atoms with van der Waals surface area (Å²) in [5.74, 6) is 1.47. The van der Waals surface area contributed by atoms with E-state index in [1.54, 1.807) is 0 Å². The van der Waals surface area contributed by atoms with Crippen LogP contribution < -0.4 is 20.1 Å². The molecule has 0 spiro atoms. The number of thiocarbonyl (C=S) groups is 1. The molecule has 1 aromatic carbocycles. The second kappa shape index (κ2) is 10.3. The first-order valence-electron chi connectivity index (χ1n) is 8.47. The summed E-state index contributed by atoms with van der Waals surface area (Å²) in [6.07, 6.45) is 0. The van der Waals surface area contributed by atoms with E-state index in [-0.39, 0.29) is 0 Å². The lowest BCUT2D eigenvalue weighted by Gasteiger charge is -2.26. The minimum atomic E-state index is 0.589. The van der Waals surface area contributed by atoms with E-state index >= 15 is 0 Å². The summed E-state index contributed by atoms with van der Waals surface area (Å²) >= 11 is 5.36. The Morgan fingerprint density at radius 2 is 1.88 bits per heavy atom. The highest BCUT2D eigenvalue weighted by Gasteiger charge is 2.10. The van der Waals surface area contributed by atoms with Crippen molar-refractivity contribution in [3.63, 3.8) is 0 Å². The molecule has 0 saturated carbocycles. The molecule has 1 heterocycles. The number of hydrogen-bond acceptors (Lipinski definition) is 5. The van der Waals surface area contributed by atoms with Crippen molar-refractivity contribution in [3.05, 3.63) is 18.2 Å². The van der Waals surface area contributed by atoms with E-state index in [9.17, 15) is 0 Å². The van der Waals surface area contributed by atoms with Crippen LogP contribution in [-0.2, 0) is 4.74 Å². The normalized spacial score (nSPS) is 14.9. The van der Waals surface area contributed by atoms with Crippen molar-refractivity contribution in [1.82, 2.24) is 10.2 Å². The number of ether oxygens (including phenoxy) is 3. The third kappa shape index (κ3) is 6.14. The Morgan fingerprint density at radius 1 is 1.17 bits per heavy atom. The monoisotopic (exact) mass is 353 g/mol. The van der Waals surface area contributed by atoms with Gasteiger partial charge in [0.05, 0.1) is 26.4 Å². The van der Waals surface area contributed by atoms with Crippen molar-refractivity contribution in [1.29, 1.82) is 0 Å². The number of nitrogens with one attached hydrogen (secondary N) is 2. The quantitative estimate of drug-likeness (QED) is 0.694. The van der Waals surface area contributed by atoms with Crippen LogP contribution in [0.1, 0.15) is 13.8 Å². The summed E-state index contributed by atoms with van der Waals surface area (Å²) in [7, 11) is 0. The molecule has 0 aliphatic carbocycles. The Kier molecular flexibility index (Phi) is 8.07. The van der Waals surface area contributed by atoms with Crippen LogP contribution in [0.3, 0.4) is 0 Å². The lowest BCUT2D eigenvalue weighted by molar-refractivity contribution is 0.0389. The van der Waals surface area contributed by atoms with Gasteiger partial charge >= 0.3 is 0 Å². The third-order valence-corrected chi connectivity index (χ3v) is 3.86. The van der Waals surface area contributed by atoms with Crippen LogP contribution in [0.25, 0.3) is 0 Å². The average molecular weight is 353 g/mol. The highest BCUT2D eigenvalue weighted by atomic mass is 32.1. The highest BCUT2D eigenvalue weighted by molar-refractivity contribution is 7.80. The molecule has 1 saturated heterocycles. The molecule has 0 unspecified atom stereocenters. The Hall–Kier alpha value is -1.57. The van der Waals surface area contributed by atoms with E-state index in [4.69, 9.17) is 26.4 Å². The molecule has 6 nitrogen and oxygen atoms in total. The van der Waals surface area contributed by atoms with E-state index in [0.717, 1.165) is 56.6 Å². The van der Waals surface area contributed by atoms with Crippen molar-refractivity contribution in [3.8, 4) is 11.5 Å². The maximum Gasteiger partial charge on any atom is 0.170 e. The van der Waals surface area contributed by atoms with Gasteiger partial charge < -0.3 is 24.8 Å². The van der Waals surface area contributed by atoms with E-state index in [1.807, 2.05) is 32.0 Å². The molecule has 0 amide bonds. The number of hydrogen-bond donors (Lipinski definition) is 2. The summed E-state index contributed by atoms with van der Waals surface area (Å²) in [6.45, 7) is 10.5. The van der Waals surface area contributed by atoms with Gasteiger partial charge in [-0.25, -0.2) is 0 Å². The maximum absolute atomic E-state index is 5.63. The molecule has 0 aromatic heterocycles. The number of rotatable bonds is 8. The van der Waals surface area contributed by atoms with Crippen LogP contribution in [-0.4, -0.2) is 62.6 Å². The summed E-state index contributed by atoms with van der Waals surface area (Å²) in [4.78, 5) is 2.36. The molecule has 1 aromatic rings. The Morgan fingerprint density at radius 3 is 2.58 bits per heavy atom. The molecular formula is C17H27N3O3S. The maximum atomic E-state index is 5.63. The fraction of sp³-hybridized carbons (Fsp3) is 0.588. The molecule has 1 aliphatic rings. The van der Waals surface area contributed by atoms with Gasteiger partial charge in [-0.2, -0.15) is 0 Å². The van der Waals surface area contributed by atoms with Crippen LogP contribution in [0, 0.1) is 0 Å². The van der Waals surface area contributed by atoms with Crippen molar-refractivity contribution < 1.29 is 14.2 Å². The molecule has 2 rings (SSSR count). The van der Waals surface area contributed by atoms with Gasteiger partial charge in [-0.3, -0.25) is 4.90 Å². The van der Waals surface area contributed by atoms with Crippen molar-refractivity contribution in [2.75, 3.05) is 57.9 Å². The van der Waals surface area contributed by atoms with Crippen LogP contribution in [0.5, 0.6) is 11.5 Å². The first kappa shape index (κ1) is 18.8. The Labute approximate surface area is 149 Å². The zero-order valence-corrected chi connectivity index (χ0v) is 15.3. The average Bonchev–Trinajstić information content (AvgIpc) is 2.58. The molecule has 0 bridgehead atoms. The van der Waals surface area contributed by atoms with Gasteiger partial charge in [-0.05, 0) is 38.2 Å². The van der Waals surface area contributed by atoms with E-state index < -0.39 is 0 Å². The minimum Gasteiger partial charge on any atom is -0.490 e. The van der Waals surface area contributed by atoms with Gasteiger partial charge in [0.2, 0.25) is 0 Å². The van der Waals surface area contributed by atoms with E-state index in [2.05, 4.69) is 15.5 Å². The van der Waals surface area contributed by atoms with Gasteiger partial charge in [-0.1, -0.05) is 0 Å². The summed E-state index contributed by atoms with van der Waals surface area (Å²) in [5.41, 5.74) is 0.880. The molecule has 134 valence electrons. The molecule has 0 atom stereocenters. The highest BCUT2D eigenvalue weighted by Crippen LogP contribution is 2.30. The number of benzene rings is 1. The first-order valence-corrected chi connectivity index (χ1v) is 8.88. The third-order valence-electron chi connectivity index (χ3n) is 3.62. The molecule has 0 radical (unpaired) electrons. The summed E-state index contributed by atoms with van der Waals surface area (Å²) in [6, 6.07) is 5.74. The van der Waals surface area contributed by atoms with E-state index in [1.165, 1.54) is 0 Å². The SMILES string of the molecule is CCOc1ccc(NC(=S)NCCN2CCOCC2)cc1OCC.